The third-order valence-electron chi connectivity index (χ3n) is 3.94. The number of aryl methyl sites for hydroxylation is 2. The van der Waals surface area contributed by atoms with E-state index < -0.39 is 10.0 Å². The van der Waals surface area contributed by atoms with Gasteiger partial charge >= 0.3 is 0 Å². The number of hydrogen-bond acceptors (Lipinski definition) is 5. The number of sulfonamides is 1. The Morgan fingerprint density at radius 2 is 1.85 bits per heavy atom. The lowest BCUT2D eigenvalue weighted by Crippen LogP contribution is -2.23. The fourth-order valence-corrected chi connectivity index (χ4v) is 4.77. The molecule has 1 heterocycles. The summed E-state index contributed by atoms with van der Waals surface area (Å²) in [6, 6.07) is 14.9. The average molecular weight is 389 g/mol. The fourth-order valence-electron chi connectivity index (χ4n) is 2.53. The molecule has 0 radical (unpaired) electrons. The van der Waals surface area contributed by atoms with E-state index in [2.05, 4.69) is 9.71 Å². The van der Waals surface area contributed by atoms with E-state index in [9.17, 15) is 8.42 Å². The van der Waals surface area contributed by atoms with Gasteiger partial charge < -0.3 is 4.74 Å². The maximum atomic E-state index is 12.7. The number of nitrogens with zero attached hydrogens (tertiary/aromatic N) is 1. The molecule has 3 aromatic rings. The normalized spacial score (nSPS) is 11.5. The molecule has 26 heavy (non-hydrogen) atoms. The summed E-state index contributed by atoms with van der Waals surface area (Å²) in [7, 11) is -2.22. The van der Waals surface area contributed by atoms with Crippen LogP contribution in [0.1, 0.15) is 16.1 Å². The first-order chi connectivity index (χ1) is 12.4. The molecular weight excluding hydrogens is 368 g/mol. The Hall–Kier alpha value is -2.22. The molecular formula is C19H20N2O3S2. The molecule has 0 aliphatic rings. The Balaban J connectivity index is 1.82. The molecule has 0 saturated carbocycles. The van der Waals surface area contributed by atoms with E-state index in [0.717, 1.165) is 26.7 Å². The summed E-state index contributed by atoms with van der Waals surface area (Å²) in [5, 5.41) is 0.880. The molecule has 7 heteroatoms. The summed E-state index contributed by atoms with van der Waals surface area (Å²) in [4.78, 5) is 5.58. The van der Waals surface area contributed by atoms with Crippen molar-refractivity contribution in [3.05, 3.63) is 64.7 Å². The third-order valence-corrected chi connectivity index (χ3v) is 6.59. The highest BCUT2D eigenvalue weighted by molar-refractivity contribution is 7.89. The van der Waals surface area contributed by atoms with Gasteiger partial charge in [-0.1, -0.05) is 36.4 Å². The van der Waals surface area contributed by atoms with Crippen molar-refractivity contribution in [3.8, 4) is 16.3 Å². The zero-order valence-electron chi connectivity index (χ0n) is 14.8. The van der Waals surface area contributed by atoms with Crippen LogP contribution in [0.3, 0.4) is 0 Å². The molecule has 0 aliphatic carbocycles. The second-order valence-corrected chi connectivity index (χ2v) is 8.69. The molecule has 0 fully saturated rings. The lowest BCUT2D eigenvalue weighted by molar-refractivity contribution is 0.402. The molecule has 5 nitrogen and oxygen atoms in total. The van der Waals surface area contributed by atoms with Gasteiger partial charge in [0.2, 0.25) is 10.0 Å². The van der Waals surface area contributed by atoms with E-state index in [1.165, 1.54) is 18.4 Å². The van der Waals surface area contributed by atoms with E-state index in [4.69, 9.17) is 4.74 Å². The first-order valence-corrected chi connectivity index (χ1v) is 10.4. The third kappa shape index (κ3) is 3.95. The maximum Gasteiger partial charge on any atom is 0.244 e. The summed E-state index contributed by atoms with van der Waals surface area (Å²) in [5.74, 6) is 0.337. The molecule has 0 saturated heterocycles. The number of nitrogens with one attached hydrogen (secondary N) is 1. The molecule has 2 aromatic carbocycles. The summed E-state index contributed by atoms with van der Waals surface area (Å²) in [6.07, 6.45) is 0. The Bertz CT molecular complexity index is 1010. The van der Waals surface area contributed by atoms with Crippen molar-refractivity contribution in [2.45, 2.75) is 25.3 Å². The van der Waals surface area contributed by atoms with Crippen molar-refractivity contribution in [1.82, 2.24) is 9.71 Å². The van der Waals surface area contributed by atoms with Crippen molar-refractivity contribution in [2.75, 3.05) is 7.11 Å². The van der Waals surface area contributed by atoms with Crippen LogP contribution in [0.15, 0.2) is 53.4 Å². The Labute approximate surface area is 157 Å². The van der Waals surface area contributed by atoms with Crippen LogP contribution in [0, 0.1) is 13.8 Å². The van der Waals surface area contributed by atoms with Gasteiger partial charge in [0.25, 0.3) is 0 Å². The number of ether oxygens (including phenoxy) is 1. The van der Waals surface area contributed by atoms with Crippen molar-refractivity contribution < 1.29 is 13.2 Å². The monoisotopic (exact) mass is 388 g/mol. The highest BCUT2D eigenvalue weighted by atomic mass is 32.2. The summed E-state index contributed by atoms with van der Waals surface area (Å²) in [5.41, 5.74) is 2.79. The molecule has 0 aliphatic heterocycles. The topological polar surface area (TPSA) is 68.3 Å². The predicted molar refractivity (Wildman–Crippen MR) is 104 cm³/mol. The molecule has 1 N–H and O–H groups in total. The molecule has 0 atom stereocenters. The zero-order chi connectivity index (χ0) is 18.7. The summed E-state index contributed by atoms with van der Waals surface area (Å²) < 4.78 is 33.2. The van der Waals surface area contributed by atoms with E-state index in [-0.39, 0.29) is 11.4 Å². The average Bonchev–Trinajstić information content (AvgIpc) is 3.01. The van der Waals surface area contributed by atoms with Crippen LogP contribution in [-0.2, 0) is 16.6 Å². The van der Waals surface area contributed by atoms with E-state index in [1.807, 2.05) is 44.2 Å². The van der Waals surface area contributed by atoms with Crippen molar-refractivity contribution in [3.63, 3.8) is 0 Å². The minimum Gasteiger partial charge on any atom is -0.495 e. The van der Waals surface area contributed by atoms with Gasteiger partial charge in [-0.3, -0.25) is 0 Å². The molecule has 3 rings (SSSR count). The highest BCUT2D eigenvalue weighted by Gasteiger charge is 2.20. The van der Waals surface area contributed by atoms with Crippen LogP contribution in [0.4, 0.5) is 0 Å². The standard InChI is InChI=1S/C19H20N2O3S2/c1-13-9-10-18(16(11-13)24-3)26(22,23)20-12-17-14(2)21-19(25-17)15-7-5-4-6-8-15/h4-11,20H,12H2,1-3H3. The largest absolute Gasteiger partial charge is 0.495 e. The molecule has 0 amide bonds. The van der Waals surface area contributed by atoms with Gasteiger partial charge in [0.15, 0.2) is 0 Å². The van der Waals surface area contributed by atoms with Gasteiger partial charge in [-0.2, -0.15) is 0 Å². The van der Waals surface area contributed by atoms with Gasteiger partial charge in [-0.05, 0) is 31.5 Å². The Morgan fingerprint density at radius 1 is 1.12 bits per heavy atom. The van der Waals surface area contributed by atoms with Gasteiger partial charge in [0, 0.05) is 17.0 Å². The van der Waals surface area contributed by atoms with Crippen molar-refractivity contribution in [1.29, 1.82) is 0 Å². The number of aromatic nitrogens is 1. The second kappa shape index (κ2) is 7.57. The van der Waals surface area contributed by atoms with Gasteiger partial charge in [-0.15, -0.1) is 11.3 Å². The van der Waals surface area contributed by atoms with Crippen LogP contribution in [0.2, 0.25) is 0 Å². The first kappa shape index (κ1) is 18.6. The SMILES string of the molecule is COc1cc(C)ccc1S(=O)(=O)NCc1sc(-c2ccccc2)nc1C. The quantitative estimate of drug-likeness (QED) is 0.695. The van der Waals surface area contributed by atoms with Crippen LogP contribution < -0.4 is 9.46 Å². The van der Waals surface area contributed by atoms with E-state index in [0.29, 0.717) is 5.75 Å². The van der Waals surface area contributed by atoms with E-state index in [1.54, 1.807) is 18.2 Å². The maximum absolute atomic E-state index is 12.7. The number of methoxy groups -OCH3 is 1. The van der Waals surface area contributed by atoms with Crippen LogP contribution in [0.25, 0.3) is 10.6 Å². The van der Waals surface area contributed by atoms with Gasteiger partial charge in [0.05, 0.1) is 12.8 Å². The minimum atomic E-state index is -3.69. The van der Waals surface area contributed by atoms with Crippen LogP contribution >= 0.6 is 11.3 Å². The fraction of sp³-hybridized carbons (Fsp3) is 0.211. The molecule has 0 bridgehead atoms. The Morgan fingerprint density at radius 3 is 2.54 bits per heavy atom. The second-order valence-electron chi connectivity index (χ2n) is 5.87. The lowest BCUT2D eigenvalue weighted by Gasteiger charge is -2.11. The highest BCUT2D eigenvalue weighted by Crippen LogP contribution is 2.29. The van der Waals surface area contributed by atoms with Gasteiger partial charge in [0.1, 0.15) is 15.7 Å². The number of hydrogen-bond donors (Lipinski definition) is 1. The van der Waals surface area contributed by atoms with Crippen molar-refractivity contribution >= 4 is 21.4 Å². The summed E-state index contributed by atoms with van der Waals surface area (Å²) >= 11 is 1.49. The number of thiazole rings is 1. The van der Waals surface area contributed by atoms with Crippen LogP contribution in [0.5, 0.6) is 5.75 Å². The zero-order valence-corrected chi connectivity index (χ0v) is 16.4. The summed E-state index contributed by atoms with van der Waals surface area (Å²) in [6.45, 7) is 3.97. The number of benzene rings is 2. The smallest absolute Gasteiger partial charge is 0.244 e. The van der Waals surface area contributed by atoms with E-state index >= 15 is 0 Å². The molecule has 136 valence electrons. The Kier molecular flexibility index (Phi) is 5.41. The lowest BCUT2D eigenvalue weighted by atomic mass is 10.2. The predicted octanol–water partition coefficient (Wildman–Crippen LogP) is 3.91. The van der Waals surface area contributed by atoms with Crippen LogP contribution in [-0.4, -0.2) is 20.5 Å². The minimum absolute atomic E-state index is 0.135. The first-order valence-electron chi connectivity index (χ1n) is 8.07. The molecule has 0 unspecified atom stereocenters. The van der Waals surface area contributed by atoms with Gasteiger partial charge in [-0.25, -0.2) is 18.1 Å². The molecule has 0 spiro atoms. The number of rotatable bonds is 6. The molecule has 1 aromatic heterocycles. The van der Waals surface area contributed by atoms with Crippen molar-refractivity contribution in [2.24, 2.45) is 0 Å².